The second-order valence-electron chi connectivity index (χ2n) is 9.54. The van der Waals surface area contributed by atoms with E-state index in [1.165, 1.54) is 6.07 Å². The summed E-state index contributed by atoms with van der Waals surface area (Å²) in [6.45, 7) is 3.73. The first kappa shape index (κ1) is 24.2. The molecule has 0 spiro atoms. The van der Waals surface area contributed by atoms with Gasteiger partial charge in [-0.05, 0) is 57.7 Å². The monoisotopic (exact) mass is 471 g/mol. The van der Waals surface area contributed by atoms with E-state index in [0.717, 1.165) is 38.7 Å². The number of pyridine rings is 1. The van der Waals surface area contributed by atoms with Gasteiger partial charge in [-0.1, -0.05) is 0 Å². The molecule has 0 radical (unpaired) electrons. The topological polar surface area (TPSA) is 75.1 Å². The summed E-state index contributed by atoms with van der Waals surface area (Å²) in [5.41, 5.74) is 0.323. The quantitative estimate of drug-likeness (QED) is 0.712. The predicted molar refractivity (Wildman–Crippen MR) is 113 cm³/mol. The van der Waals surface area contributed by atoms with Gasteiger partial charge in [0, 0.05) is 50.5 Å². The summed E-state index contributed by atoms with van der Waals surface area (Å²) < 4.78 is 47.3. The van der Waals surface area contributed by atoms with Crippen LogP contribution in [0.5, 0.6) is 5.75 Å². The Labute approximate surface area is 191 Å². The fourth-order valence-electron chi connectivity index (χ4n) is 5.62. The Kier molecular flexibility index (Phi) is 6.89. The molecule has 2 fully saturated rings. The number of hydrogen-bond donors (Lipinski definition) is 1. The van der Waals surface area contributed by atoms with Gasteiger partial charge in [0.25, 0.3) is 0 Å². The van der Waals surface area contributed by atoms with E-state index in [9.17, 15) is 23.1 Å². The van der Waals surface area contributed by atoms with Gasteiger partial charge in [0.15, 0.2) is 0 Å². The maximum atomic E-state index is 13.7. The number of alkyl halides is 3. The highest BCUT2D eigenvalue weighted by Crippen LogP contribution is 2.46. The minimum Gasteiger partial charge on any atom is -0.404 e. The lowest BCUT2D eigenvalue weighted by Crippen LogP contribution is -2.51. The van der Waals surface area contributed by atoms with E-state index in [0.29, 0.717) is 43.1 Å². The number of aromatic nitrogens is 1. The summed E-state index contributed by atoms with van der Waals surface area (Å²) in [7, 11) is 2.09. The fraction of sp³-hybridized carbons (Fsp3) is 0.739. The molecule has 0 aromatic carbocycles. The molecule has 1 saturated carbocycles. The van der Waals surface area contributed by atoms with Crippen LogP contribution in [0.4, 0.5) is 13.2 Å². The van der Waals surface area contributed by atoms with Gasteiger partial charge >= 0.3 is 6.36 Å². The normalized spacial score (nSPS) is 27.5. The summed E-state index contributed by atoms with van der Waals surface area (Å²) in [5.74, 6) is -0.520. The van der Waals surface area contributed by atoms with E-state index in [2.05, 4.69) is 21.7 Å². The first-order valence-electron chi connectivity index (χ1n) is 11.6. The van der Waals surface area contributed by atoms with Gasteiger partial charge < -0.3 is 24.4 Å². The summed E-state index contributed by atoms with van der Waals surface area (Å²) in [6.07, 6.45) is -0.217. The van der Waals surface area contributed by atoms with E-state index >= 15 is 0 Å². The van der Waals surface area contributed by atoms with Gasteiger partial charge in [-0.3, -0.25) is 9.78 Å². The molecule has 1 amide bonds. The number of halogens is 3. The first-order valence-corrected chi connectivity index (χ1v) is 11.6. The van der Waals surface area contributed by atoms with Gasteiger partial charge in [-0.15, -0.1) is 13.2 Å². The smallest absolute Gasteiger partial charge is 0.404 e. The second-order valence-corrected chi connectivity index (χ2v) is 9.54. The summed E-state index contributed by atoms with van der Waals surface area (Å²) in [6, 6.07) is 1.90. The number of fused-ring (bicyclic) bond motifs is 1. The number of aliphatic hydroxyl groups is 1. The van der Waals surface area contributed by atoms with E-state index in [-0.39, 0.29) is 24.2 Å². The Balaban J connectivity index is 1.48. The van der Waals surface area contributed by atoms with E-state index in [1.807, 2.05) is 0 Å². The van der Waals surface area contributed by atoms with Crippen molar-refractivity contribution in [1.29, 1.82) is 0 Å². The molecule has 0 bridgehead atoms. The summed E-state index contributed by atoms with van der Waals surface area (Å²) >= 11 is 0. The molecule has 7 nitrogen and oxygen atoms in total. The van der Waals surface area contributed by atoms with Crippen LogP contribution in [0, 0.1) is 5.41 Å². The lowest BCUT2D eigenvalue weighted by molar-refractivity contribution is -0.274. The molecule has 3 heterocycles. The molecule has 1 aromatic rings. The standard InChI is InChI=1S/C23H32F3N3O4/c1-15(30)22(7-3-18(12-22)28(2)17-5-9-32-10-6-17)21(31)29-8-4-20-16(14-29)11-19(13-27-20)33-23(24,25)26/h11,13,15,17-18,30H,3-10,12,14H2,1-2H3/t15?,18-,22+/m1/s1. The third-order valence-corrected chi connectivity index (χ3v) is 7.63. The third-order valence-electron chi connectivity index (χ3n) is 7.63. The van der Waals surface area contributed by atoms with Crippen LogP contribution in [0.3, 0.4) is 0 Å². The molecule has 10 heteroatoms. The maximum Gasteiger partial charge on any atom is 0.573 e. The van der Waals surface area contributed by atoms with Gasteiger partial charge in [-0.2, -0.15) is 0 Å². The van der Waals surface area contributed by atoms with E-state index in [4.69, 9.17) is 4.74 Å². The number of rotatable bonds is 5. The van der Waals surface area contributed by atoms with Crippen LogP contribution in [0.15, 0.2) is 12.3 Å². The Morgan fingerprint density at radius 2 is 2.06 bits per heavy atom. The molecule has 1 aliphatic carbocycles. The zero-order valence-electron chi connectivity index (χ0n) is 19.1. The Bertz CT molecular complexity index is 860. The highest BCUT2D eigenvalue weighted by Gasteiger charge is 2.52. The third kappa shape index (κ3) is 5.12. The molecule has 4 rings (SSSR count). The Morgan fingerprint density at radius 1 is 1.33 bits per heavy atom. The molecule has 3 atom stereocenters. The number of ether oxygens (including phenoxy) is 2. The van der Waals surface area contributed by atoms with Crippen molar-refractivity contribution >= 4 is 5.91 Å². The van der Waals surface area contributed by atoms with Crippen molar-refractivity contribution < 1.29 is 32.5 Å². The highest BCUT2D eigenvalue weighted by atomic mass is 19.4. The van der Waals surface area contributed by atoms with Crippen LogP contribution in [0.25, 0.3) is 0 Å². The highest BCUT2D eigenvalue weighted by molar-refractivity contribution is 5.84. The number of hydrogen-bond acceptors (Lipinski definition) is 6. The average Bonchev–Trinajstić information content (AvgIpc) is 3.24. The van der Waals surface area contributed by atoms with Crippen LogP contribution in [-0.4, -0.2) is 77.2 Å². The Hall–Kier alpha value is -1.91. The van der Waals surface area contributed by atoms with Crippen LogP contribution in [0.1, 0.15) is 50.3 Å². The number of aliphatic hydroxyl groups excluding tert-OH is 1. The SMILES string of the molecule is CC(O)[C@]1(C(=O)N2CCc3ncc(OC(F)(F)F)cc3C2)CC[C@@H](N(C)C2CCOCC2)C1. The minimum atomic E-state index is -4.80. The van der Waals surface area contributed by atoms with Gasteiger partial charge in [0.2, 0.25) is 5.91 Å². The van der Waals surface area contributed by atoms with Crippen LogP contribution in [0.2, 0.25) is 0 Å². The minimum absolute atomic E-state index is 0.131. The van der Waals surface area contributed by atoms with Gasteiger partial charge in [-0.25, -0.2) is 0 Å². The molecule has 33 heavy (non-hydrogen) atoms. The predicted octanol–water partition coefficient (Wildman–Crippen LogP) is 2.90. The molecule has 1 saturated heterocycles. The molecule has 2 aliphatic heterocycles. The van der Waals surface area contributed by atoms with E-state index in [1.54, 1.807) is 11.8 Å². The summed E-state index contributed by atoms with van der Waals surface area (Å²) in [5, 5.41) is 10.7. The molecule has 1 N–H and O–H groups in total. The van der Waals surface area contributed by atoms with Crippen molar-refractivity contribution in [1.82, 2.24) is 14.8 Å². The summed E-state index contributed by atoms with van der Waals surface area (Å²) in [4.78, 5) is 21.8. The van der Waals surface area contributed by atoms with Crippen molar-refractivity contribution in [2.75, 3.05) is 26.8 Å². The van der Waals surface area contributed by atoms with E-state index < -0.39 is 17.9 Å². The van der Waals surface area contributed by atoms with Crippen molar-refractivity contribution in [2.45, 2.75) is 76.5 Å². The molecule has 3 aliphatic rings. The zero-order valence-corrected chi connectivity index (χ0v) is 19.1. The van der Waals surface area contributed by atoms with Gasteiger partial charge in [0.05, 0.1) is 17.7 Å². The van der Waals surface area contributed by atoms with Crippen molar-refractivity contribution in [3.8, 4) is 5.75 Å². The maximum absolute atomic E-state index is 13.7. The molecular formula is C23H32F3N3O4. The first-order chi connectivity index (χ1) is 15.6. The van der Waals surface area contributed by atoms with Crippen LogP contribution in [-0.2, 0) is 22.5 Å². The fourth-order valence-corrected chi connectivity index (χ4v) is 5.62. The molecular weight excluding hydrogens is 439 g/mol. The zero-order chi connectivity index (χ0) is 23.8. The lowest BCUT2D eigenvalue weighted by atomic mass is 9.78. The lowest BCUT2D eigenvalue weighted by Gasteiger charge is -2.40. The molecule has 184 valence electrons. The Morgan fingerprint density at radius 3 is 2.73 bits per heavy atom. The second kappa shape index (κ2) is 9.38. The molecule has 1 aromatic heterocycles. The van der Waals surface area contributed by atoms with Gasteiger partial charge in [0.1, 0.15) is 5.75 Å². The van der Waals surface area contributed by atoms with Crippen molar-refractivity contribution in [3.63, 3.8) is 0 Å². The number of nitrogens with zero attached hydrogens (tertiary/aromatic N) is 3. The average molecular weight is 472 g/mol. The largest absolute Gasteiger partial charge is 0.573 e. The number of carbonyl (C=O) groups excluding carboxylic acids is 1. The van der Waals surface area contributed by atoms with Crippen LogP contribution < -0.4 is 4.74 Å². The number of amides is 1. The molecule has 1 unspecified atom stereocenters. The number of carbonyl (C=O) groups is 1. The van der Waals surface area contributed by atoms with Crippen LogP contribution >= 0.6 is 0 Å². The van der Waals surface area contributed by atoms with Crippen molar-refractivity contribution in [2.24, 2.45) is 5.41 Å². The van der Waals surface area contributed by atoms with Crippen molar-refractivity contribution in [3.05, 3.63) is 23.5 Å².